The number of nitrogens with zero attached hydrogens (tertiary/aromatic N) is 2. The fraction of sp³-hybridized carbons (Fsp3) is 0.857. The fourth-order valence-electron chi connectivity index (χ4n) is 1.13. The van der Waals surface area contributed by atoms with Crippen molar-refractivity contribution in [2.24, 2.45) is 10.9 Å². The molecule has 0 fully saturated rings. The molecule has 0 heterocycles. The highest BCUT2D eigenvalue weighted by atomic mass is 16.4. The van der Waals surface area contributed by atoms with Gasteiger partial charge < -0.3 is 16.0 Å². The number of nitrogens with two attached hydrogens (primary N) is 1. The molecule has 1 atom stereocenters. The van der Waals surface area contributed by atoms with Crippen molar-refractivity contribution in [1.82, 2.24) is 4.90 Å². The van der Waals surface area contributed by atoms with E-state index in [1.54, 1.807) is 0 Å². The smallest absolute Gasteiger partial charge is 0.156 e. The zero-order chi connectivity index (χ0) is 9.56. The third-order valence-electron chi connectivity index (χ3n) is 1.83. The number of likely N-dealkylation sites (N-methyl/N-ethyl adjacent to an activating group) is 1. The van der Waals surface area contributed by atoms with E-state index in [0.29, 0.717) is 6.54 Å². The molecular weight excluding hydrogens is 158 g/mol. The first kappa shape index (κ1) is 11.2. The third-order valence-corrected chi connectivity index (χ3v) is 1.83. The van der Waals surface area contributed by atoms with Crippen LogP contribution >= 0.6 is 0 Å². The number of amidine groups is 1. The average Bonchev–Trinajstić information content (AvgIpc) is 2.06. The lowest BCUT2D eigenvalue weighted by Gasteiger charge is -2.24. The van der Waals surface area contributed by atoms with Crippen LogP contribution in [-0.2, 0) is 0 Å². The van der Waals surface area contributed by atoms with Gasteiger partial charge in [-0.2, -0.15) is 0 Å². The first-order valence-corrected chi connectivity index (χ1v) is 3.95. The number of rotatable bonds is 5. The number of oxime groups is 1. The monoisotopic (exact) mass is 175 g/mol. The molecule has 72 valence electrons. The normalized spacial score (nSPS) is 15.2. The van der Waals surface area contributed by atoms with Gasteiger partial charge in [-0.1, -0.05) is 12.1 Å². The topological polar surface area (TPSA) is 82.1 Å². The van der Waals surface area contributed by atoms with Gasteiger partial charge in [0, 0.05) is 6.54 Å². The molecule has 5 nitrogen and oxygen atoms in total. The first-order chi connectivity index (χ1) is 5.67. The van der Waals surface area contributed by atoms with Crippen LogP contribution in [0, 0.1) is 0 Å². The summed E-state index contributed by atoms with van der Waals surface area (Å²) in [5.74, 6) is 0.188. The van der Waals surface area contributed by atoms with Crippen molar-refractivity contribution in [3.05, 3.63) is 0 Å². The predicted molar refractivity (Wildman–Crippen MR) is 47.2 cm³/mol. The summed E-state index contributed by atoms with van der Waals surface area (Å²) in [6.45, 7) is 2.54. The van der Waals surface area contributed by atoms with E-state index < -0.39 is 0 Å². The molecule has 0 aromatic carbocycles. The van der Waals surface area contributed by atoms with Crippen LogP contribution in [0.25, 0.3) is 0 Å². The van der Waals surface area contributed by atoms with Crippen molar-refractivity contribution >= 4 is 5.84 Å². The molecule has 0 amide bonds. The van der Waals surface area contributed by atoms with E-state index in [1.807, 2.05) is 18.9 Å². The number of hydrogen-bond donors (Lipinski definition) is 3. The molecule has 0 aliphatic heterocycles. The maximum atomic E-state index is 8.65. The summed E-state index contributed by atoms with van der Waals surface area (Å²) in [6.07, 6.45) is 0.756. The summed E-state index contributed by atoms with van der Waals surface area (Å²) in [5.41, 5.74) is 5.44. The van der Waals surface area contributed by atoms with E-state index in [0.717, 1.165) is 6.42 Å². The summed E-state index contributed by atoms with van der Waals surface area (Å²) in [7, 11) is 1.82. The Morgan fingerprint density at radius 2 is 2.25 bits per heavy atom. The van der Waals surface area contributed by atoms with Crippen LogP contribution < -0.4 is 5.73 Å². The van der Waals surface area contributed by atoms with Gasteiger partial charge in [0.25, 0.3) is 0 Å². The SMILES string of the molecule is CCC(C(N)=NO)N(C)CCO. The highest BCUT2D eigenvalue weighted by Crippen LogP contribution is 2.00. The minimum Gasteiger partial charge on any atom is -0.409 e. The molecule has 0 aromatic heterocycles. The maximum absolute atomic E-state index is 8.65. The van der Waals surface area contributed by atoms with Crippen LogP contribution in [0.1, 0.15) is 13.3 Å². The summed E-state index contributed by atoms with van der Waals surface area (Å²) in [4.78, 5) is 1.84. The van der Waals surface area contributed by atoms with Crippen LogP contribution in [0.4, 0.5) is 0 Å². The molecule has 4 N–H and O–H groups in total. The molecule has 1 unspecified atom stereocenters. The van der Waals surface area contributed by atoms with Crippen molar-refractivity contribution < 1.29 is 10.3 Å². The lowest BCUT2D eigenvalue weighted by Crippen LogP contribution is -2.43. The summed E-state index contributed by atoms with van der Waals surface area (Å²) in [6, 6.07) is -0.0952. The van der Waals surface area contributed by atoms with Gasteiger partial charge in [0.05, 0.1) is 12.6 Å². The van der Waals surface area contributed by atoms with E-state index in [2.05, 4.69) is 5.16 Å². The van der Waals surface area contributed by atoms with Gasteiger partial charge in [0.2, 0.25) is 0 Å². The molecule has 0 rings (SSSR count). The molecule has 5 heteroatoms. The Kier molecular flexibility index (Phi) is 5.40. The van der Waals surface area contributed by atoms with Crippen LogP contribution in [0.5, 0.6) is 0 Å². The zero-order valence-electron chi connectivity index (χ0n) is 7.56. The van der Waals surface area contributed by atoms with Gasteiger partial charge in [-0.15, -0.1) is 0 Å². The van der Waals surface area contributed by atoms with E-state index in [-0.39, 0.29) is 18.5 Å². The lowest BCUT2D eigenvalue weighted by atomic mass is 10.2. The number of hydrogen-bond acceptors (Lipinski definition) is 4. The molecule has 12 heavy (non-hydrogen) atoms. The van der Waals surface area contributed by atoms with Crippen LogP contribution in [-0.4, -0.2) is 47.3 Å². The van der Waals surface area contributed by atoms with Crippen molar-refractivity contribution in [1.29, 1.82) is 0 Å². The molecule has 0 aliphatic rings. The largest absolute Gasteiger partial charge is 0.409 e. The predicted octanol–water partition coefficient (Wildman–Crippen LogP) is -0.564. The summed E-state index contributed by atoms with van der Waals surface area (Å²) in [5, 5.41) is 20.0. The Balaban J connectivity index is 4.13. The van der Waals surface area contributed by atoms with Gasteiger partial charge in [-0.05, 0) is 13.5 Å². The highest BCUT2D eigenvalue weighted by Gasteiger charge is 2.16. The molecule has 0 aliphatic carbocycles. The Labute approximate surface area is 72.5 Å². The van der Waals surface area contributed by atoms with E-state index >= 15 is 0 Å². The second-order valence-corrected chi connectivity index (χ2v) is 2.65. The standard InChI is InChI=1S/C7H17N3O2/c1-3-6(7(8)9-12)10(2)4-5-11/h6,11-12H,3-5H2,1-2H3,(H2,8,9). The van der Waals surface area contributed by atoms with E-state index in [9.17, 15) is 0 Å². The summed E-state index contributed by atoms with van der Waals surface area (Å²) < 4.78 is 0. The Bertz CT molecular complexity index is 150. The maximum Gasteiger partial charge on any atom is 0.156 e. The van der Waals surface area contributed by atoms with Gasteiger partial charge in [0.15, 0.2) is 5.84 Å². The second-order valence-electron chi connectivity index (χ2n) is 2.65. The second kappa shape index (κ2) is 5.79. The molecule has 0 bridgehead atoms. The Morgan fingerprint density at radius 1 is 1.67 bits per heavy atom. The molecule has 0 saturated heterocycles. The number of aliphatic hydroxyl groups is 1. The minimum atomic E-state index is -0.0952. The van der Waals surface area contributed by atoms with Crippen molar-refractivity contribution in [2.75, 3.05) is 20.2 Å². The van der Waals surface area contributed by atoms with Gasteiger partial charge in [0.1, 0.15) is 0 Å². The summed E-state index contributed by atoms with van der Waals surface area (Å²) >= 11 is 0. The average molecular weight is 175 g/mol. The zero-order valence-corrected chi connectivity index (χ0v) is 7.56. The quantitative estimate of drug-likeness (QED) is 0.226. The minimum absolute atomic E-state index is 0.0751. The first-order valence-electron chi connectivity index (χ1n) is 3.95. The van der Waals surface area contributed by atoms with E-state index in [4.69, 9.17) is 16.0 Å². The molecular formula is C7H17N3O2. The molecule has 0 radical (unpaired) electrons. The van der Waals surface area contributed by atoms with Crippen molar-refractivity contribution in [2.45, 2.75) is 19.4 Å². The van der Waals surface area contributed by atoms with Gasteiger partial charge in [-0.25, -0.2) is 0 Å². The van der Waals surface area contributed by atoms with Crippen LogP contribution in [0.2, 0.25) is 0 Å². The molecule has 0 aromatic rings. The highest BCUT2D eigenvalue weighted by molar-refractivity contribution is 5.85. The van der Waals surface area contributed by atoms with E-state index in [1.165, 1.54) is 0 Å². The van der Waals surface area contributed by atoms with Crippen LogP contribution in [0.3, 0.4) is 0 Å². The third kappa shape index (κ3) is 3.06. The van der Waals surface area contributed by atoms with Crippen molar-refractivity contribution in [3.63, 3.8) is 0 Å². The Morgan fingerprint density at radius 3 is 2.58 bits per heavy atom. The van der Waals surface area contributed by atoms with Gasteiger partial charge in [-0.3, -0.25) is 4.90 Å². The van der Waals surface area contributed by atoms with Crippen LogP contribution in [0.15, 0.2) is 5.16 Å². The van der Waals surface area contributed by atoms with Crippen molar-refractivity contribution in [3.8, 4) is 0 Å². The number of aliphatic hydroxyl groups excluding tert-OH is 1. The molecule has 0 spiro atoms. The lowest BCUT2D eigenvalue weighted by molar-refractivity contribution is 0.200. The molecule has 0 saturated carbocycles. The fourth-order valence-corrected chi connectivity index (χ4v) is 1.13. The Hall–Kier alpha value is -0.810. The van der Waals surface area contributed by atoms with Gasteiger partial charge >= 0.3 is 0 Å².